The Balaban J connectivity index is 2.92. The highest BCUT2D eigenvalue weighted by molar-refractivity contribution is 5.42. The van der Waals surface area contributed by atoms with Gasteiger partial charge < -0.3 is 9.84 Å². The highest BCUT2D eigenvalue weighted by Crippen LogP contribution is 2.31. The SMILES string of the molecule is CCC(CC)N(C)C(C)c1ccc(O)c(OC)c1. The molecule has 0 aromatic heterocycles. The van der Waals surface area contributed by atoms with Crippen molar-refractivity contribution in [3.05, 3.63) is 23.8 Å². The van der Waals surface area contributed by atoms with Gasteiger partial charge in [0.15, 0.2) is 11.5 Å². The molecular weight excluding hydrogens is 226 g/mol. The highest BCUT2D eigenvalue weighted by Gasteiger charge is 2.19. The molecule has 3 nitrogen and oxygen atoms in total. The second kappa shape index (κ2) is 6.64. The first-order valence-electron chi connectivity index (χ1n) is 6.63. The molecule has 18 heavy (non-hydrogen) atoms. The average molecular weight is 251 g/mol. The van der Waals surface area contributed by atoms with Crippen molar-refractivity contribution in [2.45, 2.75) is 45.7 Å². The van der Waals surface area contributed by atoms with Crippen LogP contribution >= 0.6 is 0 Å². The van der Waals surface area contributed by atoms with Crippen molar-refractivity contribution in [1.82, 2.24) is 4.90 Å². The molecule has 0 spiro atoms. The summed E-state index contributed by atoms with van der Waals surface area (Å²) in [6.45, 7) is 6.62. The van der Waals surface area contributed by atoms with Crippen molar-refractivity contribution in [3.63, 3.8) is 0 Å². The van der Waals surface area contributed by atoms with Crippen LogP contribution in [-0.2, 0) is 0 Å². The van der Waals surface area contributed by atoms with E-state index in [9.17, 15) is 5.11 Å². The quantitative estimate of drug-likeness (QED) is 0.838. The van der Waals surface area contributed by atoms with Crippen molar-refractivity contribution in [3.8, 4) is 11.5 Å². The molecule has 3 heteroatoms. The Kier molecular flexibility index (Phi) is 5.48. The Bertz CT molecular complexity index is 375. The monoisotopic (exact) mass is 251 g/mol. The Labute approximate surface area is 110 Å². The number of hydrogen-bond acceptors (Lipinski definition) is 3. The van der Waals surface area contributed by atoms with E-state index >= 15 is 0 Å². The lowest BCUT2D eigenvalue weighted by Crippen LogP contribution is -2.33. The molecule has 1 N–H and O–H groups in total. The number of methoxy groups -OCH3 is 1. The molecule has 0 aliphatic carbocycles. The Morgan fingerprint density at radius 3 is 2.39 bits per heavy atom. The van der Waals surface area contributed by atoms with Crippen molar-refractivity contribution < 1.29 is 9.84 Å². The van der Waals surface area contributed by atoms with E-state index in [1.807, 2.05) is 12.1 Å². The minimum absolute atomic E-state index is 0.193. The van der Waals surface area contributed by atoms with E-state index < -0.39 is 0 Å². The summed E-state index contributed by atoms with van der Waals surface area (Å²) in [5, 5.41) is 9.62. The third-order valence-corrected chi connectivity index (χ3v) is 3.82. The van der Waals surface area contributed by atoms with Gasteiger partial charge in [-0.2, -0.15) is 0 Å². The average Bonchev–Trinajstić information content (AvgIpc) is 2.39. The molecule has 102 valence electrons. The van der Waals surface area contributed by atoms with Crippen LogP contribution in [0, 0.1) is 0 Å². The molecule has 0 aliphatic heterocycles. The summed E-state index contributed by atoms with van der Waals surface area (Å²) in [6, 6.07) is 6.47. The summed E-state index contributed by atoms with van der Waals surface area (Å²) in [6.07, 6.45) is 2.29. The van der Waals surface area contributed by atoms with Crippen LogP contribution in [-0.4, -0.2) is 30.2 Å². The number of phenols is 1. The van der Waals surface area contributed by atoms with Crippen molar-refractivity contribution in [1.29, 1.82) is 0 Å². The normalized spacial score (nSPS) is 13.1. The summed E-state index contributed by atoms with van der Waals surface area (Å²) >= 11 is 0. The lowest BCUT2D eigenvalue weighted by atomic mass is 10.0. The maximum Gasteiger partial charge on any atom is 0.160 e. The number of aromatic hydroxyl groups is 1. The number of nitrogens with zero attached hydrogens (tertiary/aromatic N) is 1. The molecule has 1 aromatic carbocycles. The number of benzene rings is 1. The summed E-state index contributed by atoms with van der Waals surface area (Å²) in [4.78, 5) is 2.38. The van der Waals surface area contributed by atoms with Gasteiger partial charge in [-0.3, -0.25) is 4.90 Å². The molecule has 1 atom stereocenters. The number of rotatable bonds is 6. The van der Waals surface area contributed by atoms with Crippen LogP contribution in [0.5, 0.6) is 11.5 Å². The molecule has 0 aliphatic rings. The van der Waals surface area contributed by atoms with E-state index in [2.05, 4.69) is 32.7 Å². The van der Waals surface area contributed by atoms with Crippen LogP contribution in [0.25, 0.3) is 0 Å². The molecule has 0 saturated carbocycles. The number of ether oxygens (including phenoxy) is 1. The third kappa shape index (κ3) is 3.16. The van der Waals surface area contributed by atoms with Gasteiger partial charge in [-0.1, -0.05) is 19.9 Å². The summed E-state index contributed by atoms with van der Waals surface area (Å²) in [5.74, 6) is 0.732. The van der Waals surface area contributed by atoms with Crippen molar-refractivity contribution >= 4 is 0 Å². The molecule has 0 bridgehead atoms. The Morgan fingerprint density at radius 2 is 1.89 bits per heavy atom. The molecule has 1 rings (SSSR count). The molecule has 1 aromatic rings. The lowest BCUT2D eigenvalue weighted by Gasteiger charge is -2.32. The molecule has 0 heterocycles. The van der Waals surface area contributed by atoms with Gasteiger partial charge in [0.25, 0.3) is 0 Å². The molecule has 0 amide bonds. The molecule has 1 unspecified atom stereocenters. The first kappa shape index (κ1) is 14.8. The van der Waals surface area contributed by atoms with Crippen molar-refractivity contribution in [2.24, 2.45) is 0 Å². The molecule has 0 saturated heterocycles. The third-order valence-electron chi connectivity index (χ3n) is 3.82. The van der Waals surface area contributed by atoms with Gasteiger partial charge in [0.2, 0.25) is 0 Å². The molecule has 0 radical (unpaired) electrons. The highest BCUT2D eigenvalue weighted by atomic mass is 16.5. The fourth-order valence-corrected chi connectivity index (χ4v) is 2.37. The largest absolute Gasteiger partial charge is 0.504 e. The van der Waals surface area contributed by atoms with Gasteiger partial charge in [-0.15, -0.1) is 0 Å². The van der Waals surface area contributed by atoms with E-state index in [-0.39, 0.29) is 5.75 Å². The maximum absolute atomic E-state index is 9.62. The second-order valence-corrected chi connectivity index (χ2v) is 4.74. The van der Waals surface area contributed by atoms with Crippen LogP contribution in [0.1, 0.15) is 45.2 Å². The predicted molar refractivity (Wildman–Crippen MR) is 75.2 cm³/mol. The van der Waals surface area contributed by atoms with Gasteiger partial charge in [-0.25, -0.2) is 0 Å². The summed E-state index contributed by atoms with van der Waals surface area (Å²) < 4.78 is 5.16. The first-order valence-corrected chi connectivity index (χ1v) is 6.63. The molecule has 0 fully saturated rings. The van der Waals surface area contributed by atoms with E-state index in [0.717, 1.165) is 12.8 Å². The van der Waals surface area contributed by atoms with Crippen LogP contribution in [0.15, 0.2) is 18.2 Å². The Morgan fingerprint density at radius 1 is 1.28 bits per heavy atom. The van der Waals surface area contributed by atoms with Crippen LogP contribution in [0.2, 0.25) is 0 Å². The standard InChI is InChI=1S/C15H25NO2/c1-6-13(7-2)16(4)11(3)12-8-9-14(17)15(10-12)18-5/h8-11,13,17H,6-7H2,1-5H3. The topological polar surface area (TPSA) is 32.7 Å². The van der Waals surface area contributed by atoms with Gasteiger partial charge in [0.1, 0.15) is 0 Å². The van der Waals surface area contributed by atoms with Crippen molar-refractivity contribution in [2.75, 3.05) is 14.2 Å². The minimum atomic E-state index is 0.193. The zero-order chi connectivity index (χ0) is 13.7. The van der Waals surface area contributed by atoms with E-state index in [4.69, 9.17) is 4.74 Å². The van der Waals surface area contributed by atoms with E-state index in [1.165, 1.54) is 5.56 Å². The predicted octanol–water partition coefficient (Wildman–Crippen LogP) is 3.58. The van der Waals surface area contributed by atoms with Gasteiger partial charge in [0.05, 0.1) is 7.11 Å². The zero-order valence-electron chi connectivity index (χ0n) is 12.1. The van der Waals surface area contributed by atoms with Crippen LogP contribution in [0.4, 0.5) is 0 Å². The number of phenolic OH excluding ortho intramolecular Hbond substituents is 1. The molecular formula is C15H25NO2. The van der Waals surface area contributed by atoms with Gasteiger partial charge in [0, 0.05) is 12.1 Å². The fraction of sp³-hybridized carbons (Fsp3) is 0.600. The van der Waals surface area contributed by atoms with Crippen LogP contribution in [0.3, 0.4) is 0 Å². The summed E-state index contributed by atoms with van der Waals surface area (Å²) in [5.41, 5.74) is 1.17. The first-order chi connectivity index (χ1) is 8.54. The van der Waals surface area contributed by atoms with E-state index in [0.29, 0.717) is 17.8 Å². The summed E-state index contributed by atoms with van der Waals surface area (Å²) in [7, 11) is 3.73. The zero-order valence-corrected chi connectivity index (χ0v) is 12.1. The Hall–Kier alpha value is -1.22. The van der Waals surface area contributed by atoms with E-state index in [1.54, 1.807) is 13.2 Å². The van der Waals surface area contributed by atoms with Crippen LogP contribution < -0.4 is 4.74 Å². The number of hydrogen-bond donors (Lipinski definition) is 1. The lowest BCUT2D eigenvalue weighted by molar-refractivity contribution is 0.175. The van der Waals surface area contributed by atoms with Gasteiger partial charge >= 0.3 is 0 Å². The fourth-order valence-electron chi connectivity index (χ4n) is 2.37. The maximum atomic E-state index is 9.62. The van der Waals surface area contributed by atoms with Gasteiger partial charge in [-0.05, 0) is 44.5 Å². The minimum Gasteiger partial charge on any atom is -0.504 e. The smallest absolute Gasteiger partial charge is 0.160 e. The second-order valence-electron chi connectivity index (χ2n) is 4.74.